The van der Waals surface area contributed by atoms with Gasteiger partial charge in [0.15, 0.2) is 0 Å². The fourth-order valence-electron chi connectivity index (χ4n) is 0.775. The number of benzene rings is 1. The Labute approximate surface area is 60.8 Å². The quantitative estimate of drug-likeness (QED) is 0.423. The van der Waals surface area contributed by atoms with Crippen molar-refractivity contribution < 1.29 is 5.02 Å². The van der Waals surface area contributed by atoms with Gasteiger partial charge in [-0.25, -0.2) is 0 Å². The van der Waals surface area contributed by atoms with Crippen LogP contribution in [0.4, 0.5) is 5.69 Å². The lowest BCUT2D eigenvalue weighted by atomic mass is 9.64. The third-order valence-corrected chi connectivity index (χ3v) is 1.42. The van der Waals surface area contributed by atoms with Crippen LogP contribution in [0, 0.1) is 0 Å². The summed E-state index contributed by atoms with van der Waals surface area (Å²) in [5, 5.41) is 9.07. The van der Waals surface area contributed by atoms with Crippen molar-refractivity contribution in [1.82, 2.24) is 0 Å². The van der Waals surface area contributed by atoms with Crippen molar-refractivity contribution in [3.05, 3.63) is 24.3 Å². The molecule has 0 heterocycles. The summed E-state index contributed by atoms with van der Waals surface area (Å²) in [5.41, 5.74) is 7.07. The predicted octanol–water partition coefficient (Wildman–Crippen LogP) is 0.0894. The van der Waals surface area contributed by atoms with Gasteiger partial charge in [-0.1, -0.05) is 19.0 Å². The Morgan fingerprint density at radius 2 is 1.80 bits per heavy atom. The maximum atomic E-state index is 9.07. The summed E-state index contributed by atoms with van der Waals surface area (Å²) in [6.07, 6.45) is 0. The van der Waals surface area contributed by atoms with E-state index in [-0.39, 0.29) is 0 Å². The van der Waals surface area contributed by atoms with Crippen LogP contribution in [0.1, 0.15) is 0 Å². The lowest BCUT2D eigenvalue weighted by Gasteiger charge is -1.99. The molecular formula is C7H10BNO. The van der Waals surface area contributed by atoms with Crippen LogP contribution in [0.15, 0.2) is 24.3 Å². The highest BCUT2D eigenvalue weighted by Gasteiger charge is 2.03. The second kappa shape index (κ2) is 2.75. The maximum Gasteiger partial charge on any atom is 0.320 e. The van der Waals surface area contributed by atoms with Gasteiger partial charge < -0.3 is 10.8 Å². The molecule has 0 atom stereocenters. The molecule has 52 valence electrons. The minimum Gasteiger partial charge on any atom is -0.447 e. The first-order valence-corrected chi connectivity index (χ1v) is 3.23. The summed E-state index contributed by atoms with van der Waals surface area (Å²) >= 11 is 0. The average molecular weight is 135 g/mol. The number of rotatable bonds is 1. The first-order chi connectivity index (χ1) is 4.70. The minimum atomic E-state index is -0.402. The molecule has 0 aliphatic heterocycles. The van der Waals surface area contributed by atoms with Gasteiger partial charge in [0.1, 0.15) is 0 Å². The summed E-state index contributed by atoms with van der Waals surface area (Å²) in [4.78, 5) is 0. The minimum absolute atomic E-state index is 0.402. The first kappa shape index (κ1) is 7.16. The fourth-order valence-corrected chi connectivity index (χ4v) is 0.775. The SMILES string of the molecule is CB(O)c1ccc(N)cc1. The van der Waals surface area contributed by atoms with Gasteiger partial charge in [0.25, 0.3) is 0 Å². The van der Waals surface area contributed by atoms with Gasteiger partial charge in [0, 0.05) is 5.69 Å². The van der Waals surface area contributed by atoms with E-state index in [0.717, 1.165) is 11.2 Å². The van der Waals surface area contributed by atoms with Crippen molar-refractivity contribution >= 4 is 18.1 Å². The summed E-state index contributed by atoms with van der Waals surface area (Å²) in [6.45, 7) is 1.33. The maximum absolute atomic E-state index is 9.07. The van der Waals surface area contributed by atoms with Crippen LogP contribution >= 0.6 is 0 Å². The molecule has 0 amide bonds. The van der Waals surface area contributed by atoms with Crippen LogP contribution in [-0.4, -0.2) is 11.9 Å². The van der Waals surface area contributed by atoms with Gasteiger partial charge in [-0.3, -0.25) is 0 Å². The largest absolute Gasteiger partial charge is 0.447 e. The van der Waals surface area contributed by atoms with E-state index in [0.29, 0.717) is 0 Å². The van der Waals surface area contributed by atoms with Gasteiger partial charge in [0.2, 0.25) is 0 Å². The van der Waals surface area contributed by atoms with Gasteiger partial charge in [0.05, 0.1) is 0 Å². The molecule has 3 heteroatoms. The van der Waals surface area contributed by atoms with Crippen LogP contribution in [0.25, 0.3) is 0 Å². The van der Waals surface area contributed by atoms with Gasteiger partial charge >= 0.3 is 6.92 Å². The summed E-state index contributed by atoms with van der Waals surface area (Å²) < 4.78 is 0. The van der Waals surface area contributed by atoms with Crippen LogP contribution in [0.2, 0.25) is 6.82 Å². The van der Waals surface area contributed by atoms with Crippen molar-refractivity contribution in [1.29, 1.82) is 0 Å². The Balaban J connectivity index is 2.89. The van der Waals surface area contributed by atoms with Gasteiger partial charge in [-0.05, 0) is 17.6 Å². The van der Waals surface area contributed by atoms with Crippen molar-refractivity contribution in [2.24, 2.45) is 0 Å². The number of nitrogens with two attached hydrogens (primary N) is 1. The van der Waals surface area contributed by atoms with Crippen LogP contribution in [0.5, 0.6) is 0 Å². The zero-order chi connectivity index (χ0) is 7.56. The van der Waals surface area contributed by atoms with E-state index in [1.807, 2.05) is 12.1 Å². The third kappa shape index (κ3) is 1.51. The van der Waals surface area contributed by atoms with Crippen molar-refractivity contribution in [2.45, 2.75) is 6.82 Å². The molecule has 0 spiro atoms. The van der Waals surface area contributed by atoms with E-state index < -0.39 is 6.92 Å². The van der Waals surface area contributed by atoms with E-state index in [9.17, 15) is 0 Å². The fraction of sp³-hybridized carbons (Fsp3) is 0.143. The molecule has 0 saturated carbocycles. The Morgan fingerprint density at radius 1 is 1.30 bits per heavy atom. The molecule has 0 unspecified atom stereocenters. The number of hydrogen-bond donors (Lipinski definition) is 2. The molecule has 1 rings (SSSR count). The highest BCUT2D eigenvalue weighted by molar-refractivity contribution is 6.64. The molecule has 3 N–H and O–H groups in total. The number of anilines is 1. The van der Waals surface area contributed by atoms with E-state index in [1.54, 1.807) is 19.0 Å². The zero-order valence-corrected chi connectivity index (χ0v) is 5.91. The zero-order valence-electron chi connectivity index (χ0n) is 5.91. The molecule has 0 aromatic heterocycles. The molecule has 0 radical (unpaired) electrons. The monoisotopic (exact) mass is 135 g/mol. The molecule has 0 aliphatic rings. The Morgan fingerprint density at radius 3 is 2.20 bits per heavy atom. The summed E-state index contributed by atoms with van der Waals surface area (Å²) in [7, 11) is 0. The molecule has 2 nitrogen and oxygen atoms in total. The Bertz CT molecular complexity index is 207. The van der Waals surface area contributed by atoms with E-state index >= 15 is 0 Å². The smallest absolute Gasteiger partial charge is 0.320 e. The standard InChI is InChI=1S/C7H10BNO/c1-8(10)6-2-4-7(9)5-3-6/h2-5,10H,9H2,1H3. The van der Waals surface area contributed by atoms with Crippen molar-refractivity contribution in [2.75, 3.05) is 5.73 Å². The normalized spacial score (nSPS) is 9.40. The lowest BCUT2D eigenvalue weighted by molar-refractivity contribution is 0.594. The van der Waals surface area contributed by atoms with Crippen LogP contribution in [-0.2, 0) is 0 Å². The molecular weight excluding hydrogens is 125 g/mol. The highest BCUT2D eigenvalue weighted by Crippen LogP contribution is 1.96. The third-order valence-electron chi connectivity index (χ3n) is 1.42. The number of nitrogen functional groups attached to an aromatic ring is 1. The van der Waals surface area contributed by atoms with E-state index in [1.165, 1.54) is 0 Å². The first-order valence-electron chi connectivity index (χ1n) is 3.23. The summed E-state index contributed by atoms with van der Waals surface area (Å²) in [5.74, 6) is 0. The average Bonchev–Trinajstić information content (AvgIpc) is 1.88. The predicted molar refractivity (Wildman–Crippen MR) is 44.3 cm³/mol. The Kier molecular flexibility index (Phi) is 1.97. The van der Waals surface area contributed by atoms with E-state index in [4.69, 9.17) is 10.8 Å². The molecule has 1 aromatic carbocycles. The van der Waals surface area contributed by atoms with E-state index in [2.05, 4.69) is 0 Å². The second-order valence-corrected chi connectivity index (χ2v) is 2.34. The topological polar surface area (TPSA) is 46.2 Å². The molecule has 10 heavy (non-hydrogen) atoms. The van der Waals surface area contributed by atoms with Crippen LogP contribution < -0.4 is 11.2 Å². The highest BCUT2D eigenvalue weighted by atomic mass is 16.2. The van der Waals surface area contributed by atoms with Crippen molar-refractivity contribution in [3.63, 3.8) is 0 Å². The second-order valence-electron chi connectivity index (χ2n) is 2.34. The molecule has 0 bridgehead atoms. The van der Waals surface area contributed by atoms with Gasteiger partial charge in [-0.2, -0.15) is 0 Å². The van der Waals surface area contributed by atoms with Crippen LogP contribution in [0.3, 0.4) is 0 Å². The molecule has 0 fully saturated rings. The Hall–Kier alpha value is -0.955. The van der Waals surface area contributed by atoms with Crippen molar-refractivity contribution in [3.8, 4) is 0 Å². The molecule has 0 aliphatic carbocycles. The lowest BCUT2D eigenvalue weighted by Crippen LogP contribution is -2.25. The number of hydrogen-bond acceptors (Lipinski definition) is 2. The summed E-state index contributed by atoms with van der Waals surface area (Å²) in [6, 6.07) is 7.20. The molecule has 0 saturated heterocycles. The molecule has 1 aromatic rings. The van der Waals surface area contributed by atoms with Gasteiger partial charge in [-0.15, -0.1) is 0 Å².